The van der Waals surface area contributed by atoms with Crippen LogP contribution in [0, 0.1) is 17.1 Å². The molecule has 2 amide bonds. The van der Waals surface area contributed by atoms with E-state index in [1.54, 1.807) is 24.3 Å². The largest absolute Gasteiger partial charge is 0.322 e. The maximum absolute atomic E-state index is 13.7. The number of nitrogens with one attached hydrogen (secondary N) is 1. The lowest BCUT2D eigenvalue weighted by atomic mass is 10.1. The molecule has 5 nitrogen and oxygen atoms in total. The van der Waals surface area contributed by atoms with Crippen LogP contribution in [-0.4, -0.2) is 34.4 Å². The van der Waals surface area contributed by atoms with Gasteiger partial charge in [0.25, 0.3) is 5.91 Å². The highest BCUT2D eigenvalue weighted by atomic mass is 32.2. The molecule has 0 unspecified atom stereocenters. The van der Waals surface area contributed by atoms with Gasteiger partial charge in [0.1, 0.15) is 11.9 Å². The molecule has 0 aliphatic carbocycles. The molecule has 25 heavy (non-hydrogen) atoms. The van der Waals surface area contributed by atoms with Crippen LogP contribution in [0.1, 0.15) is 15.9 Å². The van der Waals surface area contributed by atoms with Crippen LogP contribution in [0.2, 0.25) is 0 Å². The molecule has 0 saturated carbocycles. The fourth-order valence-electron chi connectivity index (χ4n) is 2.53. The number of halogens is 1. The minimum atomic E-state index is -0.692. The fourth-order valence-corrected chi connectivity index (χ4v) is 3.68. The molecular weight excluding hydrogens is 341 g/mol. The maximum atomic E-state index is 13.7. The van der Waals surface area contributed by atoms with Crippen molar-refractivity contribution in [2.24, 2.45) is 0 Å². The van der Waals surface area contributed by atoms with Crippen molar-refractivity contribution < 1.29 is 14.0 Å². The van der Waals surface area contributed by atoms with Gasteiger partial charge in [0.05, 0.1) is 23.2 Å². The fraction of sp³-hybridized carbons (Fsp3) is 0.167. The SMILES string of the molecule is N#Cc1cccc(C(=O)N2CSC[C@H]2C(=O)Nc2ccccc2F)c1. The Hall–Kier alpha value is -2.85. The summed E-state index contributed by atoms with van der Waals surface area (Å²) in [5.74, 6) is -0.480. The monoisotopic (exact) mass is 355 g/mol. The molecule has 1 aliphatic rings. The Balaban J connectivity index is 1.78. The van der Waals surface area contributed by atoms with Gasteiger partial charge in [0.15, 0.2) is 0 Å². The molecule has 1 atom stereocenters. The lowest BCUT2D eigenvalue weighted by Crippen LogP contribution is -2.44. The number of rotatable bonds is 3. The van der Waals surface area contributed by atoms with Crippen molar-refractivity contribution in [3.63, 3.8) is 0 Å². The second kappa shape index (κ2) is 7.36. The molecule has 0 bridgehead atoms. The summed E-state index contributed by atoms with van der Waals surface area (Å²) in [6.07, 6.45) is 0. The van der Waals surface area contributed by atoms with E-state index in [-0.39, 0.29) is 11.6 Å². The van der Waals surface area contributed by atoms with Crippen molar-refractivity contribution in [3.05, 3.63) is 65.5 Å². The molecule has 0 aromatic heterocycles. The molecule has 1 heterocycles. The summed E-state index contributed by atoms with van der Waals surface area (Å²) >= 11 is 1.45. The quantitative estimate of drug-likeness (QED) is 0.919. The summed E-state index contributed by atoms with van der Waals surface area (Å²) < 4.78 is 13.7. The van der Waals surface area contributed by atoms with E-state index < -0.39 is 17.8 Å². The Labute approximate surface area is 148 Å². The number of nitrogens with zero attached hydrogens (tertiary/aromatic N) is 2. The number of thioether (sulfide) groups is 1. The van der Waals surface area contributed by atoms with Gasteiger partial charge >= 0.3 is 0 Å². The lowest BCUT2D eigenvalue weighted by molar-refractivity contribution is -0.119. The maximum Gasteiger partial charge on any atom is 0.255 e. The number of carbonyl (C=O) groups excluding carboxylic acids is 2. The van der Waals surface area contributed by atoms with Gasteiger partial charge in [0, 0.05) is 11.3 Å². The zero-order chi connectivity index (χ0) is 17.8. The number of hydrogen-bond donors (Lipinski definition) is 1. The summed E-state index contributed by atoms with van der Waals surface area (Å²) in [6.45, 7) is 0. The third-order valence-corrected chi connectivity index (χ3v) is 4.83. The summed E-state index contributed by atoms with van der Waals surface area (Å²) in [5.41, 5.74) is 0.818. The van der Waals surface area contributed by atoms with E-state index in [9.17, 15) is 14.0 Å². The third kappa shape index (κ3) is 3.64. The zero-order valence-electron chi connectivity index (χ0n) is 13.1. The van der Waals surface area contributed by atoms with Crippen molar-refractivity contribution in [2.75, 3.05) is 16.9 Å². The molecule has 1 aliphatic heterocycles. The third-order valence-electron chi connectivity index (χ3n) is 3.82. The molecule has 126 valence electrons. The Morgan fingerprint density at radius 3 is 2.80 bits per heavy atom. The van der Waals surface area contributed by atoms with E-state index >= 15 is 0 Å². The molecule has 1 saturated heterocycles. The average Bonchev–Trinajstić information content (AvgIpc) is 3.13. The van der Waals surface area contributed by atoms with Gasteiger partial charge in [-0.2, -0.15) is 5.26 Å². The summed E-state index contributed by atoms with van der Waals surface area (Å²) in [6, 6.07) is 13.5. The first kappa shape index (κ1) is 17.0. The van der Waals surface area contributed by atoms with Crippen molar-refractivity contribution in [3.8, 4) is 6.07 Å². The van der Waals surface area contributed by atoms with Gasteiger partial charge in [-0.1, -0.05) is 18.2 Å². The number of anilines is 1. The molecule has 0 radical (unpaired) electrons. The molecule has 7 heteroatoms. The highest BCUT2D eigenvalue weighted by Gasteiger charge is 2.35. The van der Waals surface area contributed by atoms with Crippen LogP contribution in [0.3, 0.4) is 0 Å². The molecule has 3 rings (SSSR count). The van der Waals surface area contributed by atoms with Crippen LogP contribution < -0.4 is 5.32 Å². The van der Waals surface area contributed by atoms with Gasteiger partial charge in [-0.25, -0.2) is 4.39 Å². The average molecular weight is 355 g/mol. The predicted molar refractivity (Wildman–Crippen MR) is 93.5 cm³/mol. The predicted octanol–water partition coefficient (Wildman–Crippen LogP) is 2.85. The molecule has 1 N–H and O–H groups in total. The summed E-state index contributed by atoms with van der Waals surface area (Å²) in [5, 5.41) is 11.5. The first-order valence-corrected chi connectivity index (χ1v) is 8.70. The molecule has 0 spiro atoms. The number of carbonyl (C=O) groups is 2. The van der Waals surface area contributed by atoms with E-state index in [1.807, 2.05) is 6.07 Å². The molecule has 2 aromatic carbocycles. The van der Waals surface area contributed by atoms with Gasteiger partial charge in [-0.15, -0.1) is 11.8 Å². The van der Waals surface area contributed by atoms with E-state index in [1.165, 1.54) is 40.9 Å². The second-order valence-corrected chi connectivity index (χ2v) is 6.45. The van der Waals surface area contributed by atoms with Crippen molar-refractivity contribution >= 4 is 29.3 Å². The number of para-hydroxylation sites is 1. The number of nitriles is 1. The Kier molecular flexibility index (Phi) is 5.00. The first-order chi connectivity index (χ1) is 12.1. The first-order valence-electron chi connectivity index (χ1n) is 7.54. The zero-order valence-corrected chi connectivity index (χ0v) is 13.9. The normalized spacial score (nSPS) is 16.3. The summed E-state index contributed by atoms with van der Waals surface area (Å²) in [4.78, 5) is 26.6. The van der Waals surface area contributed by atoms with Crippen molar-refractivity contribution in [2.45, 2.75) is 6.04 Å². The van der Waals surface area contributed by atoms with E-state index in [4.69, 9.17) is 5.26 Å². The van der Waals surface area contributed by atoms with Gasteiger partial charge in [-0.3, -0.25) is 9.59 Å². The number of hydrogen-bond acceptors (Lipinski definition) is 4. The smallest absolute Gasteiger partial charge is 0.255 e. The minimum absolute atomic E-state index is 0.0864. The van der Waals surface area contributed by atoms with Crippen molar-refractivity contribution in [1.29, 1.82) is 5.26 Å². The Morgan fingerprint density at radius 1 is 1.24 bits per heavy atom. The van der Waals surface area contributed by atoms with Crippen LogP contribution >= 0.6 is 11.8 Å². The van der Waals surface area contributed by atoms with E-state index in [0.717, 1.165) is 0 Å². The van der Waals surface area contributed by atoms with Crippen molar-refractivity contribution in [1.82, 2.24) is 4.90 Å². The van der Waals surface area contributed by atoms with Gasteiger partial charge in [0.2, 0.25) is 5.91 Å². The highest BCUT2D eigenvalue weighted by Crippen LogP contribution is 2.25. The van der Waals surface area contributed by atoms with Gasteiger partial charge < -0.3 is 10.2 Å². The number of amides is 2. The van der Waals surface area contributed by atoms with Crippen LogP contribution in [0.15, 0.2) is 48.5 Å². The Morgan fingerprint density at radius 2 is 2.04 bits per heavy atom. The van der Waals surface area contributed by atoms with Crippen LogP contribution in [0.25, 0.3) is 0 Å². The standard InChI is InChI=1S/C18H14FN3O2S/c19-14-6-1-2-7-15(14)21-17(23)16-10-25-11-22(16)18(24)13-5-3-4-12(8-13)9-20/h1-8,16H,10-11H2,(H,21,23)/t16-/m0/s1. The molecule has 2 aromatic rings. The highest BCUT2D eigenvalue weighted by molar-refractivity contribution is 7.99. The second-order valence-electron chi connectivity index (χ2n) is 5.45. The van der Waals surface area contributed by atoms with Crippen LogP contribution in [-0.2, 0) is 4.79 Å². The number of benzene rings is 2. The Bertz CT molecular complexity index is 865. The summed E-state index contributed by atoms with van der Waals surface area (Å²) in [7, 11) is 0. The molecular formula is C18H14FN3O2S. The minimum Gasteiger partial charge on any atom is -0.322 e. The van der Waals surface area contributed by atoms with E-state index in [0.29, 0.717) is 22.8 Å². The van der Waals surface area contributed by atoms with Crippen LogP contribution in [0.5, 0.6) is 0 Å². The van der Waals surface area contributed by atoms with Gasteiger partial charge in [-0.05, 0) is 30.3 Å². The topological polar surface area (TPSA) is 73.2 Å². The lowest BCUT2D eigenvalue weighted by Gasteiger charge is -2.23. The van der Waals surface area contributed by atoms with E-state index in [2.05, 4.69) is 5.32 Å². The molecule has 1 fully saturated rings. The van der Waals surface area contributed by atoms with Crippen LogP contribution in [0.4, 0.5) is 10.1 Å².